The summed E-state index contributed by atoms with van der Waals surface area (Å²) in [5.41, 5.74) is -0.610. The van der Waals surface area contributed by atoms with Gasteiger partial charge in [0.2, 0.25) is 17.2 Å². The Morgan fingerprint density at radius 2 is 2.05 bits per heavy atom. The van der Waals surface area contributed by atoms with Gasteiger partial charge in [-0.15, -0.1) is 11.3 Å². The second-order valence-corrected chi connectivity index (χ2v) is 11.4. The molecule has 4 rings (SSSR count). The van der Waals surface area contributed by atoms with Crippen LogP contribution in [0.15, 0.2) is 22.4 Å². The zero-order valence-corrected chi connectivity index (χ0v) is 24.1. The molecule has 4 amide bonds. The topological polar surface area (TPSA) is 198 Å². The zero-order valence-electron chi connectivity index (χ0n) is 23.3. The largest absolute Gasteiger partial charge is 0.488 e. The van der Waals surface area contributed by atoms with Gasteiger partial charge in [-0.3, -0.25) is 29.4 Å². The number of aromatic amines is 1. The Balaban J connectivity index is 1.23. The Morgan fingerprint density at radius 1 is 1.32 bits per heavy atom. The van der Waals surface area contributed by atoms with Gasteiger partial charge in [0.05, 0.1) is 18.2 Å². The van der Waals surface area contributed by atoms with Gasteiger partial charge in [-0.1, -0.05) is 13.3 Å². The van der Waals surface area contributed by atoms with E-state index in [0.717, 1.165) is 30.6 Å². The molecule has 2 aliphatic rings. The maximum Gasteiger partial charge on any atom is 0.272 e. The minimum atomic E-state index is -0.963. The van der Waals surface area contributed by atoms with Gasteiger partial charge < -0.3 is 35.9 Å². The maximum atomic E-state index is 12.6. The average Bonchev–Trinajstić information content (AvgIpc) is 3.32. The first-order valence-electron chi connectivity index (χ1n) is 13.3. The fourth-order valence-corrected chi connectivity index (χ4v) is 5.00. The number of rotatable bonds is 13. The molecule has 0 radical (unpaired) electrons. The lowest BCUT2D eigenvalue weighted by Crippen LogP contribution is -2.72. The molecule has 41 heavy (non-hydrogen) atoms. The van der Waals surface area contributed by atoms with E-state index in [2.05, 4.69) is 50.0 Å². The van der Waals surface area contributed by atoms with Crippen molar-refractivity contribution in [3.05, 3.63) is 39.3 Å². The van der Waals surface area contributed by atoms with Gasteiger partial charge in [-0.05, 0) is 27.2 Å². The zero-order chi connectivity index (χ0) is 29.9. The van der Waals surface area contributed by atoms with E-state index in [1.807, 2.05) is 6.92 Å². The van der Waals surface area contributed by atoms with Gasteiger partial charge in [0.25, 0.3) is 11.8 Å². The third-order valence-electron chi connectivity index (χ3n) is 6.79. The van der Waals surface area contributed by atoms with E-state index in [1.54, 1.807) is 5.38 Å². The monoisotopic (exact) mass is 586 g/mol. The van der Waals surface area contributed by atoms with Gasteiger partial charge in [0.15, 0.2) is 10.9 Å². The van der Waals surface area contributed by atoms with Gasteiger partial charge in [-0.25, -0.2) is 4.98 Å². The number of ether oxygens (including phenoxy) is 1. The summed E-state index contributed by atoms with van der Waals surface area (Å²) in [6.45, 7) is 8.82. The number of amides is 4. The molecule has 2 aromatic heterocycles. The van der Waals surface area contributed by atoms with Gasteiger partial charge >= 0.3 is 0 Å². The summed E-state index contributed by atoms with van der Waals surface area (Å²) < 4.78 is 5.38. The number of nitrogens with zero attached hydrogens (tertiary/aromatic N) is 2. The molecule has 2 aliphatic heterocycles. The first kappa shape index (κ1) is 29.7. The minimum Gasteiger partial charge on any atom is -0.488 e. The molecular weight excluding hydrogens is 552 g/mol. The number of unbranched alkanes of at least 4 members (excludes halogenated alkanes) is 1. The van der Waals surface area contributed by atoms with E-state index in [-0.39, 0.29) is 34.9 Å². The van der Waals surface area contributed by atoms with Crippen LogP contribution in [0.25, 0.3) is 0 Å². The van der Waals surface area contributed by atoms with Crippen molar-refractivity contribution < 1.29 is 23.9 Å². The standard InChI is InChI=1S/C26H34N8O6S/c1-5-6-7-40-18-10-28-14(8-17(18)35)22(37)30-13(2)21(36)29-9-15-20(24(39)31-15)33-23(38)19(27)16-11-41-25(32-16)34-12-26(34,3)4/h8,10-11,13,15,20,27H,5-7,9,12H2,1-4H3,(H,28,35)(H,29,36)(H,30,37)(H,31,39)(H,33,38)/t13-,15+,20-,34?/m0/s1. The first-order chi connectivity index (χ1) is 19.4. The lowest BCUT2D eigenvalue weighted by molar-refractivity contribution is -0.135. The third-order valence-corrected chi connectivity index (χ3v) is 7.66. The van der Waals surface area contributed by atoms with E-state index < -0.39 is 47.2 Å². The summed E-state index contributed by atoms with van der Waals surface area (Å²) in [6, 6.07) is -1.41. The van der Waals surface area contributed by atoms with Crippen LogP contribution in [0.4, 0.5) is 5.13 Å². The van der Waals surface area contributed by atoms with Crippen molar-refractivity contribution >= 4 is 45.8 Å². The molecular formula is C26H34N8O6S. The predicted octanol–water partition coefficient (Wildman–Crippen LogP) is -0.105. The fraction of sp³-hybridized carbons (Fsp3) is 0.500. The summed E-state index contributed by atoms with van der Waals surface area (Å²) in [6.07, 6.45) is 3.02. The molecule has 14 nitrogen and oxygen atoms in total. The summed E-state index contributed by atoms with van der Waals surface area (Å²) >= 11 is 1.34. The highest BCUT2D eigenvalue weighted by Crippen LogP contribution is 2.38. The van der Waals surface area contributed by atoms with Crippen molar-refractivity contribution in [2.45, 2.75) is 64.2 Å². The molecule has 2 saturated heterocycles. The molecule has 220 valence electrons. The number of nitrogens with one attached hydrogen (secondary N) is 6. The quantitative estimate of drug-likeness (QED) is 0.0809. The van der Waals surface area contributed by atoms with Crippen LogP contribution in [0, 0.1) is 5.41 Å². The van der Waals surface area contributed by atoms with Crippen molar-refractivity contribution in [3.63, 3.8) is 0 Å². The number of β-lactam (4-membered cyclic amide) rings is 1. The average molecular weight is 587 g/mol. The molecule has 2 fully saturated rings. The van der Waals surface area contributed by atoms with Crippen molar-refractivity contribution in [2.24, 2.45) is 0 Å². The molecule has 0 unspecified atom stereocenters. The number of anilines is 1. The molecule has 0 saturated carbocycles. The maximum absolute atomic E-state index is 12.6. The second kappa shape index (κ2) is 12.1. The minimum absolute atomic E-state index is 0.00897. The summed E-state index contributed by atoms with van der Waals surface area (Å²) in [7, 11) is 0. The summed E-state index contributed by atoms with van der Waals surface area (Å²) in [5, 5.41) is 20.8. The Hall–Kier alpha value is -4.27. The summed E-state index contributed by atoms with van der Waals surface area (Å²) in [4.78, 5) is 71.2. The van der Waals surface area contributed by atoms with Crippen LogP contribution in [0.3, 0.4) is 0 Å². The third kappa shape index (κ3) is 6.90. The lowest BCUT2D eigenvalue weighted by atomic mass is 9.98. The molecule has 0 aromatic carbocycles. The summed E-state index contributed by atoms with van der Waals surface area (Å²) in [5.74, 6) is -2.27. The normalized spacial score (nSPS) is 19.3. The van der Waals surface area contributed by atoms with Crippen LogP contribution < -0.4 is 36.3 Å². The molecule has 6 N–H and O–H groups in total. The first-order valence-corrected chi connectivity index (χ1v) is 14.2. The van der Waals surface area contributed by atoms with E-state index >= 15 is 0 Å². The molecule has 0 aliphatic carbocycles. The number of carbonyl (C=O) groups is 4. The fourth-order valence-electron chi connectivity index (χ4n) is 4.02. The van der Waals surface area contributed by atoms with Crippen molar-refractivity contribution in [3.8, 4) is 5.75 Å². The number of H-pyrrole nitrogens is 1. The SMILES string of the molecule is CCCCOc1c[nH]c(C(=O)N[C@@H](C)C(=O)NC[C@H]2NC(=O)[C@H]2NC(=O)C(=N)c2csc(N3CC3(C)C)n2)cc1=O. The van der Waals surface area contributed by atoms with Crippen LogP contribution in [0.5, 0.6) is 5.75 Å². The van der Waals surface area contributed by atoms with Crippen LogP contribution in [0.1, 0.15) is 56.7 Å². The van der Waals surface area contributed by atoms with E-state index in [4.69, 9.17) is 10.1 Å². The Labute approximate surface area is 240 Å². The highest BCUT2D eigenvalue weighted by atomic mass is 32.1. The Kier molecular flexibility index (Phi) is 8.75. The van der Waals surface area contributed by atoms with Crippen LogP contribution in [0.2, 0.25) is 0 Å². The Bertz CT molecular complexity index is 1420. The van der Waals surface area contributed by atoms with Gasteiger partial charge in [-0.2, -0.15) is 0 Å². The number of aromatic nitrogens is 2. The van der Waals surface area contributed by atoms with E-state index in [1.165, 1.54) is 24.5 Å². The second-order valence-electron chi connectivity index (χ2n) is 10.6. The number of carbonyl (C=O) groups excluding carboxylic acids is 4. The van der Waals surface area contributed by atoms with Crippen molar-refractivity contribution in [1.29, 1.82) is 5.41 Å². The molecule has 2 aromatic rings. The predicted molar refractivity (Wildman–Crippen MR) is 152 cm³/mol. The molecule has 3 atom stereocenters. The number of pyridine rings is 1. The van der Waals surface area contributed by atoms with Gasteiger partial charge in [0.1, 0.15) is 29.2 Å². The van der Waals surface area contributed by atoms with Crippen molar-refractivity contribution in [2.75, 3.05) is 24.6 Å². The van der Waals surface area contributed by atoms with Crippen LogP contribution >= 0.6 is 11.3 Å². The van der Waals surface area contributed by atoms with Crippen molar-refractivity contribution in [1.82, 2.24) is 31.2 Å². The highest BCUT2D eigenvalue weighted by molar-refractivity contribution is 7.14. The van der Waals surface area contributed by atoms with E-state index in [9.17, 15) is 24.0 Å². The number of hydrogen-bond donors (Lipinski definition) is 6. The van der Waals surface area contributed by atoms with Crippen LogP contribution in [-0.4, -0.2) is 82.7 Å². The highest BCUT2D eigenvalue weighted by Gasteiger charge is 2.45. The van der Waals surface area contributed by atoms with Gasteiger partial charge in [0, 0.05) is 30.7 Å². The molecule has 0 spiro atoms. The number of hydrogen-bond acceptors (Lipinski definition) is 10. The molecule has 0 bridgehead atoms. The lowest BCUT2D eigenvalue weighted by Gasteiger charge is -2.37. The molecule has 15 heteroatoms. The van der Waals surface area contributed by atoms with E-state index in [0.29, 0.717) is 6.61 Å². The smallest absolute Gasteiger partial charge is 0.272 e. The van der Waals surface area contributed by atoms with Crippen LogP contribution in [-0.2, 0) is 14.4 Å². The molecule has 4 heterocycles. The Morgan fingerprint density at radius 3 is 2.68 bits per heavy atom. The number of thiazole rings is 1.